The Morgan fingerprint density at radius 1 is 1.28 bits per heavy atom. The lowest BCUT2D eigenvalue weighted by atomic mass is 10.1. The third kappa shape index (κ3) is 2.37. The molecule has 1 heterocycles. The predicted molar refractivity (Wildman–Crippen MR) is 66.4 cm³/mol. The van der Waals surface area contributed by atoms with Gasteiger partial charge in [0, 0.05) is 11.3 Å². The van der Waals surface area contributed by atoms with Crippen molar-refractivity contribution in [1.29, 1.82) is 0 Å². The van der Waals surface area contributed by atoms with Crippen LogP contribution in [0.1, 0.15) is 5.56 Å². The summed E-state index contributed by atoms with van der Waals surface area (Å²) in [6.07, 6.45) is -4.37. The second kappa shape index (κ2) is 4.55. The zero-order valence-electron chi connectivity index (χ0n) is 9.01. The minimum absolute atomic E-state index is 0.0290. The van der Waals surface area contributed by atoms with E-state index in [1.54, 1.807) is 18.2 Å². The van der Waals surface area contributed by atoms with E-state index in [1.165, 1.54) is 6.07 Å². The van der Waals surface area contributed by atoms with Crippen LogP contribution in [0.25, 0.3) is 5.03 Å². The average molecular weight is 297 g/mol. The van der Waals surface area contributed by atoms with E-state index in [-0.39, 0.29) is 10.7 Å². The molecule has 0 aliphatic carbocycles. The van der Waals surface area contributed by atoms with Gasteiger partial charge in [0.2, 0.25) is 0 Å². The molecule has 0 saturated heterocycles. The summed E-state index contributed by atoms with van der Waals surface area (Å²) in [5, 5.41) is 0.198. The van der Waals surface area contributed by atoms with Crippen LogP contribution in [0.5, 0.6) is 0 Å². The number of rotatable bonds is 1. The summed E-state index contributed by atoms with van der Waals surface area (Å²) >= 11 is 11.9. The second-order valence-corrected chi connectivity index (χ2v) is 4.66. The Morgan fingerprint density at radius 3 is 2.50 bits per heavy atom. The van der Waals surface area contributed by atoms with E-state index in [9.17, 15) is 13.2 Å². The summed E-state index contributed by atoms with van der Waals surface area (Å²) in [5.74, 6) is 0. The number of nitrogens with two attached hydrogens (primary N) is 1. The summed E-state index contributed by atoms with van der Waals surface area (Å²) < 4.78 is 37.6. The molecule has 1 aromatic carbocycles. The Bertz CT molecular complexity index is 499. The van der Waals surface area contributed by atoms with Gasteiger partial charge in [-0.15, -0.1) is 0 Å². The topological polar surface area (TPSA) is 29.3 Å². The molecule has 0 aromatic heterocycles. The fourth-order valence-electron chi connectivity index (χ4n) is 1.82. The molecule has 0 saturated carbocycles. The van der Waals surface area contributed by atoms with Gasteiger partial charge in [-0.2, -0.15) is 13.2 Å². The van der Waals surface area contributed by atoms with Gasteiger partial charge in [0.15, 0.2) is 0 Å². The third-order valence-corrected chi connectivity index (χ3v) is 3.48. The highest BCUT2D eigenvalue weighted by atomic mass is 35.5. The normalized spacial score (nSPS) is 20.1. The average Bonchev–Trinajstić information content (AvgIpc) is 2.31. The van der Waals surface area contributed by atoms with E-state index in [2.05, 4.69) is 0 Å². The number of hydrogen-bond donors (Lipinski definition) is 1. The van der Waals surface area contributed by atoms with Crippen LogP contribution in [0.2, 0.25) is 0 Å². The van der Waals surface area contributed by atoms with Crippen molar-refractivity contribution in [2.24, 2.45) is 5.73 Å². The number of para-hydroxylation sites is 1. The first-order valence-electron chi connectivity index (χ1n) is 5.03. The lowest BCUT2D eigenvalue weighted by Gasteiger charge is -2.36. The summed E-state index contributed by atoms with van der Waals surface area (Å²) in [6.45, 7) is -1.18. The van der Waals surface area contributed by atoms with Crippen molar-refractivity contribution in [3.05, 3.63) is 35.5 Å². The van der Waals surface area contributed by atoms with Crippen LogP contribution < -0.4 is 10.6 Å². The maximum Gasteiger partial charge on any atom is 0.405 e. The Kier molecular flexibility index (Phi) is 3.38. The maximum absolute atomic E-state index is 12.5. The molecule has 0 bridgehead atoms. The van der Waals surface area contributed by atoms with Gasteiger partial charge in [-0.1, -0.05) is 41.4 Å². The molecule has 0 amide bonds. The van der Waals surface area contributed by atoms with E-state index < -0.39 is 18.2 Å². The Labute approximate surface area is 112 Å². The number of halogens is 5. The minimum Gasteiger partial charge on any atom is -0.398 e. The van der Waals surface area contributed by atoms with Gasteiger partial charge in [0.05, 0.1) is 10.7 Å². The number of hydrogen-bond acceptors (Lipinski definition) is 2. The van der Waals surface area contributed by atoms with E-state index in [0.717, 1.165) is 4.90 Å². The molecule has 1 atom stereocenters. The van der Waals surface area contributed by atoms with Crippen LogP contribution in [0, 0.1) is 0 Å². The van der Waals surface area contributed by atoms with Gasteiger partial charge < -0.3 is 10.6 Å². The van der Waals surface area contributed by atoms with Gasteiger partial charge in [0.1, 0.15) is 12.0 Å². The second-order valence-electron chi connectivity index (χ2n) is 3.87. The van der Waals surface area contributed by atoms with Crippen molar-refractivity contribution in [3.63, 3.8) is 0 Å². The fourth-order valence-corrected chi connectivity index (χ4v) is 2.42. The van der Waals surface area contributed by atoms with Crippen LogP contribution in [0.4, 0.5) is 18.9 Å². The van der Waals surface area contributed by atoms with Gasteiger partial charge in [0.25, 0.3) is 0 Å². The summed E-state index contributed by atoms with van der Waals surface area (Å²) in [6, 6.07) is 6.44. The molecule has 1 unspecified atom stereocenters. The van der Waals surface area contributed by atoms with Gasteiger partial charge in [-0.05, 0) is 6.07 Å². The molecule has 0 spiro atoms. The van der Waals surface area contributed by atoms with E-state index in [4.69, 9.17) is 28.9 Å². The molecule has 2 rings (SSSR count). The first-order chi connectivity index (χ1) is 8.31. The largest absolute Gasteiger partial charge is 0.405 e. The Balaban J connectivity index is 2.50. The molecule has 0 radical (unpaired) electrons. The lowest BCUT2D eigenvalue weighted by molar-refractivity contribution is -0.119. The van der Waals surface area contributed by atoms with Gasteiger partial charge in [-0.3, -0.25) is 0 Å². The molecular weight excluding hydrogens is 288 g/mol. The van der Waals surface area contributed by atoms with Crippen molar-refractivity contribution >= 4 is 33.9 Å². The van der Waals surface area contributed by atoms with Crippen LogP contribution in [0.15, 0.2) is 30.0 Å². The van der Waals surface area contributed by atoms with Gasteiger partial charge >= 0.3 is 6.18 Å². The highest BCUT2D eigenvalue weighted by Gasteiger charge is 2.38. The molecule has 1 aliphatic heterocycles. The molecule has 7 heteroatoms. The summed E-state index contributed by atoms with van der Waals surface area (Å²) in [7, 11) is 0. The fraction of sp³-hybridized carbons (Fsp3) is 0.273. The molecule has 1 aliphatic rings. The number of alkyl halides is 4. The molecule has 1 aromatic rings. The van der Waals surface area contributed by atoms with E-state index in [0.29, 0.717) is 11.3 Å². The molecular formula is C11H9Cl2F3N2. The summed E-state index contributed by atoms with van der Waals surface area (Å²) in [4.78, 5) is 0.984. The number of fused-ring (bicyclic) bond motifs is 1. The van der Waals surface area contributed by atoms with E-state index in [1.807, 2.05) is 0 Å². The minimum atomic E-state index is -4.37. The van der Waals surface area contributed by atoms with Crippen LogP contribution >= 0.6 is 23.2 Å². The third-order valence-electron chi connectivity index (χ3n) is 2.58. The van der Waals surface area contributed by atoms with E-state index >= 15 is 0 Å². The highest BCUT2D eigenvalue weighted by Crippen LogP contribution is 2.40. The first-order valence-corrected chi connectivity index (χ1v) is 5.84. The smallest absolute Gasteiger partial charge is 0.398 e. The maximum atomic E-state index is 12.5. The Hall–Kier alpha value is -1.07. The predicted octanol–water partition coefficient (Wildman–Crippen LogP) is 3.50. The number of anilines is 1. The standard InChI is InChI=1S/C11H9Cl2F3N2/c12-8-6-3-1-2-4-7(6)18(5-11(14,15)16)10(13)9(8)17/h1-4,10H,5,17H2. The number of benzene rings is 1. The SMILES string of the molecule is NC1=C(Cl)c2ccccc2N(CC(F)(F)F)C1Cl. The molecule has 98 valence electrons. The first kappa shape index (κ1) is 13.4. The van der Waals surface area contributed by atoms with Crippen molar-refractivity contribution in [2.75, 3.05) is 11.4 Å². The van der Waals surface area contributed by atoms with Crippen molar-refractivity contribution in [2.45, 2.75) is 11.7 Å². The van der Waals surface area contributed by atoms with Crippen LogP contribution in [0.3, 0.4) is 0 Å². The molecule has 2 N–H and O–H groups in total. The molecule has 18 heavy (non-hydrogen) atoms. The van der Waals surface area contributed by atoms with Crippen molar-refractivity contribution < 1.29 is 13.2 Å². The monoisotopic (exact) mass is 296 g/mol. The highest BCUT2D eigenvalue weighted by molar-refractivity contribution is 6.51. The molecule has 2 nitrogen and oxygen atoms in total. The van der Waals surface area contributed by atoms with Crippen molar-refractivity contribution in [3.8, 4) is 0 Å². The van der Waals surface area contributed by atoms with Crippen molar-refractivity contribution in [1.82, 2.24) is 0 Å². The zero-order valence-corrected chi connectivity index (χ0v) is 10.5. The Morgan fingerprint density at radius 2 is 1.89 bits per heavy atom. The summed E-state index contributed by atoms with van der Waals surface area (Å²) in [5.41, 5.74) is 5.36. The van der Waals surface area contributed by atoms with Gasteiger partial charge in [-0.25, -0.2) is 0 Å². The zero-order chi connectivity index (χ0) is 13.5. The van der Waals surface area contributed by atoms with Crippen LogP contribution in [-0.4, -0.2) is 18.2 Å². The lowest BCUT2D eigenvalue weighted by Crippen LogP contribution is -2.44. The molecule has 0 fully saturated rings. The van der Waals surface area contributed by atoms with Crippen LogP contribution in [-0.2, 0) is 0 Å². The number of nitrogens with zero attached hydrogens (tertiary/aromatic N) is 1. The quantitative estimate of drug-likeness (QED) is 0.635.